The topological polar surface area (TPSA) is 67.2 Å². The molecule has 1 aromatic heterocycles. The third-order valence-electron chi connectivity index (χ3n) is 3.91. The van der Waals surface area contributed by atoms with Crippen molar-refractivity contribution in [3.63, 3.8) is 0 Å². The van der Waals surface area contributed by atoms with Gasteiger partial charge in [0, 0.05) is 5.02 Å². The Bertz CT molecular complexity index is 1110. The predicted octanol–water partition coefficient (Wildman–Crippen LogP) is 5.52. The molecule has 1 heterocycles. The minimum Gasteiger partial charge on any atom is -0.506 e. The number of alkyl halides is 6. The number of anilines is 1. The average Bonchev–Trinajstić information content (AvgIpc) is 3.10. The summed E-state index contributed by atoms with van der Waals surface area (Å²) < 4.78 is 80.0. The minimum absolute atomic E-state index is 0.0961. The van der Waals surface area contributed by atoms with Crippen molar-refractivity contribution in [1.82, 2.24) is 9.78 Å². The summed E-state index contributed by atoms with van der Waals surface area (Å²) in [6.07, 6.45) is -9.35. The number of rotatable bonds is 3. The average molecular weight is 450 g/mol. The van der Waals surface area contributed by atoms with Crippen LogP contribution in [0.3, 0.4) is 0 Å². The first-order valence-corrected chi connectivity index (χ1v) is 8.38. The van der Waals surface area contributed by atoms with E-state index < -0.39 is 46.5 Å². The van der Waals surface area contributed by atoms with Gasteiger partial charge in [0.15, 0.2) is 5.69 Å². The van der Waals surface area contributed by atoms with Crippen LogP contribution in [-0.2, 0) is 12.4 Å². The molecule has 5 nitrogen and oxygen atoms in total. The molecule has 0 aliphatic rings. The largest absolute Gasteiger partial charge is 0.506 e. The molecule has 0 atom stereocenters. The second kappa shape index (κ2) is 7.56. The minimum atomic E-state index is -5.13. The van der Waals surface area contributed by atoms with Gasteiger partial charge < -0.3 is 10.4 Å². The van der Waals surface area contributed by atoms with Crippen molar-refractivity contribution >= 4 is 23.2 Å². The Morgan fingerprint density at radius 2 is 1.73 bits per heavy atom. The maximum Gasteiger partial charge on any atom is 0.434 e. The van der Waals surface area contributed by atoms with Gasteiger partial charge in [0.1, 0.15) is 5.75 Å². The Labute approximate surface area is 169 Å². The van der Waals surface area contributed by atoms with Crippen LogP contribution >= 0.6 is 11.6 Å². The van der Waals surface area contributed by atoms with Crippen molar-refractivity contribution in [2.45, 2.75) is 12.4 Å². The van der Waals surface area contributed by atoms with Crippen LogP contribution < -0.4 is 5.32 Å². The van der Waals surface area contributed by atoms with Crippen LogP contribution in [0, 0.1) is 0 Å². The molecule has 158 valence electrons. The lowest BCUT2D eigenvalue weighted by molar-refractivity contribution is -0.143. The molecule has 2 aromatic carbocycles. The molecule has 1 amide bonds. The molecule has 30 heavy (non-hydrogen) atoms. The molecule has 0 spiro atoms. The van der Waals surface area contributed by atoms with Crippen molar-refractivity contribution in [3.8, 4) is 11.4 Å². The summed E-state index contributed by atoms with van der Waals surface area (Å²) in [4.78, 5) is 12.4. The number of carbonyl (C=O) groups excluding carboxylic acids is 1. The summed E-state index contributed by atoms with van der Waals surface area (Å²) in [5, 5.41) is 15.4. The summed E-state index contributed by atoms with van der Waals surface area (Å²) in [7, 11) is 0. The predicted molar refractivity (Wildman–Crippen MR) is 94.6 cm³/mol. The normalized spacial score (nSPS) is 12.1. The van der Waals surface area contributed by atoms with Crippen LogP contribution in [0.15, 0.2) is 48.7 Å². The smallest absolute Gasteiger partial charge is 0.434 e. The zero-order valence-electron chi connectivity index (χ0n) is 14.5. The van der Waals surface area contributed by atoms with E-state index in [0.717, 1.165) is 24.3 Å². The highest BCUT2D eigenvalue weighted by Crippen LogP contribution is 2.36. The Morgan fingerprint density at radius 3 is 2.37 bits per heavy atom. The third-order valence-corrected chi connectivity index (χ3v) is 4.14. The van der Waals surface area contributed by atoms with Gasteiger partial charge in [-0.3, -0.25) is 4.79 Å². The molecule has 0 radical (unpaired) electrons. The van der Waals surface area contributed by atoms with Crippen LogP contribution in [0.4, 0.5) is 32.0 Å². The first kappa shape index (κ1) is 21.5. The van der Waals surface area contributed by atoms with Crippen LogP contribution in [0.2, 0.25) is 5.02 Å². The van der Waals surface area contributed by atoms with Crippen molar-refractivity contribution in [1.29, 1.82) is 0 Å². The zero-order chi connectivity index (χ0) is 22.3. The second-order valence-electron chi connectivity index (χ2n) is 5.98. The summed E-state index contributed by atoms with van der Waals surface area (Å²) in [5.74, 6) is -1.75. The Kier molecular flexibility index (Phi) is 5.42. The highest BCUT2D eigenvalue weighted by molar-refractivity contribution is 6.31. The fraction of sp³-hybridized carbons (Fsp3) is 0.111. The van der Waals surface area contributed by atoms with Gasteiger partial charge in [-0.05, 0) is 36.4 Å². The van der Waals surface area contributed by atoms with Gasteiger partial charge in [-0.1, -0.05) is 17.7 Å². The van der Waals surface area contributed by atoms with Crippen LogP contribution in [0.5, 0.6) is 5.75 Å². The van der Waals surface area contributed by atoms with E-state index in [9.17, 15) is 36.2 Å². The number of halogens is 7. The number of phenols is 1. The number of benzene rings is 2. The number of phenolic OH excluding ortho intramolecular Hbond substituents is 1. The summed E-state index contributed by atoms with van der Waals surface area (Å²) in [6, 6.07) is 6.60. The van der Waals surface area contributed by atoms with E-state index in [-0.39, 0.29) is 15.4 Å². The van der Waals surface area contributed by atoms with Crippen molar-refractivity contribution < 1.29 is 36.2 Å². The molecule has 3 rings (SSSR count). The highest BCUT2D eigenvalue weighted by atomic mass is 35.5. The van der Waals surface area contributed by atoms with E-state index in [1.54, 1.807) is 0 Å². The fourth-order valence-electron chi connectivity index (χ4n) is 2.60. The number of hydrogen-bond acceptors (Lipinski definition) is 3. The van der Waals surface area contributed by atoms with Crippen LogP contribution in [0.1, 0.15) is 21.6 Å². The monoisotopic (exact) mass is 449 g/mol. The molecule has 2 N–H and O–H groups in total. The van der Waals surface area contributed by atoms with Crippen molar-refractivity contribution in [3.05, 3.63) is 70.5 Å². The third kappa shape index (κ3) is 4.35. The molecule has 0 bridgehead atoms. The standard InChI is InChI=1S/C18H10ClF6N3O2/c19-10-4-5-14(29)13(7-10)27-16(30)12-8-26-28(15(12)18(23,24)25)11-3-1-2-9(6-11)17(20,21)22/h1-8,29H,(H,27,30). The molecule has 0 aliphatic carbocycles. The van der Waals surface area contributed by atoms with Gasteiger partial charge in [-0.15, -0.1) is 0 Å². The Morgan fingerprint density at radius 1 is 1.03 bits per heavy atom. The fourth-order valence-corrected chi connectivity index (χ4v) is 2.77. The molecule has 0 fully saturated rings. The van der Waals surface area contributed by atoms with Crippen molar-refractivity contribution in [2.75, 3.05) is 5.32 Å². The van der Waals surface area contributed by atoms with Gasteiger partial charge in [0.25, 0.3) is 5.91 Å². The van der Waals surface area contributed by atoms with Crippen LogP contribution in [0.25, 0.3) is 5.69 Å². The van der Waals surface area contributed by atoms with Crippen molar-refractivity contribution in [2.24, 2.45) is 0 Å². The SMILES string of the molecule is O=C(Nc1cc(Cl)ccc1O)c1cnn(-c2cccc(C(F)(F)F)c2)c1C(F)(F)F. The number of aromatic nitrogens is 2. The van der Waals surface area contributed by atoms with Gasteiger partial charge >= 0.3 is 12.4 Å². The highest BCUT2D eigenvalue weighted by Gasteiger charge is 2.41. The summed E-state index contributed by atoms with van der Waals surface area (Å²) in [5.41, 5.74) is -4.52. The van der Waals surface area contributed by atoms with Crippen LogP contribution in [-0.4, -0.2) is 20.8 Å². The number of amides is 1. The van der Waals surface area contributed by atoms with E-state index >= 15 is 0 Å². The first-order chi connectivity index (χ1) is 13.9. The summed E-state index contributed by atoms with van der Waals surface area (Å²) in [6.45, 7) is 0. The maximum absolute atomic E-state index is 13.7. The van der Waals surface area contributed by atoms with Gasteiger partial charge in [-0.2, -0.15) is 31.4 Å². The number of hydrogen-bond donors (Lipinski definition) is 2. The van der Waals surface area contributed by atoms with Gasteiger partial charge in [-0.25, -0.2) is 4.68 Å². The zero-order valence-corrected chi connectivity index (χ0v) is 15.3. The Hall–Kier alpha value is -3.21. The summed E-state index contributed by atoms with van der Waals surface area (Å²) >= 11 is 5.74. The van der Waals surface area contributed by atoms with E-state index in [4.69, 9.17) is 11.6 Å². The van der Waals surface area contributed by atoms with E-state index in [1.165, 1.54) is 6.07 Å². The van der Waals surface area contributed by atoms with E-state index in [0.29, 0.717) is 18.3 Å². The molecular weight excluding hydrogens is 440 g/mol. The lowest BCUT2D eigenvalue weighted by atomic mass is 10.1. The second-order valence-corrected chi connectivity index (χ2v) is 6.42. The molecule has 3 aromatic rings. The van der Waals surface area contributed by atoms with Gasteiger partial charge in [0.2, 0.25) is 0 Å². The Balaban J connectivity index is 2.07. The number of nitrogens with zero attached hydrogens (tertiary/aromatic N) is 2. The van der Waals surface area contributed by atoms with E-state index in [2.05, 4.69) is 10.4 Å². The quantitative estimate of drug-likeness (QED) is 0.408. The first-order valence-electron chi connectivity index (χ1n) is 8.00. The van der Waals surface area contributed by atoms with Gasteiger partial charge in [0.05, 0.1) is 28.7 Å². The van der Waals surface area contributed by atoms with E-state index in [1.807, 2.05) is 0 Å². The number of carbonyl (C=O) groups is 1. The number of aromatic hydroxyl groups is 1. The lowest BCUT2D eigenvalue weighted by Gasteiger charge is -2.14. The molecule has 0 saturated heterocycles. The molecule has 0 aliphatic heterocycles. The molecular formula is C18H10ClF6N3O2. The lowest BCUT2D eigenvalue weighted by Crippen LogP contribution is -2.21. The molecule has 0 saturated carbocycles. The molecule has 0 unspecified atom stereocenters. The molecule has 12 heteroatoms. The number of nitrogens with one attached hydrogen (secondary N) is 1. The maximum atomic E-state index is 13.7.